The van der Waals surface area contributed by atoms with Gasteiger partial charge in [-0.1, -0.05) is 50.1 Å². The minimum Gasteiger partial charge on any atom is -0.444 e. The highest BCUT2D eigenvalue weighted by Crippen LogP contribution is 2.15. The molecule has 0 saturated carbocycles. The Hall–Kier alpha value is -1.26. The van der Waals surface area contributed by atoms with Crippen LogP contribution in [-0.4, -0.2) is 24.3 Å². The third-order valence-corrected chi connectivity index (χ3v) is 4.04. The van der Waals surface area contributed by atoms with Crippen LogP contribution in [0.25, 0.3) is 0 Å². The molecule has 0 spiro atoms. The Kier molecular flexibility index (Phi) is 7.86. The molecule has 1 rings (SSSR count). The standard InChI is InChI=1S/C18H29ClN2O2/c1-6-13(2)16(21-17(22)23-18(3,4)5)12-20-11-14-9-7-8-10-15(14)19/h7-10,13,16,20H,6,11-12H2,1-5H3,(H,21,22). The van der Waals surface area contributed by atoms with Crippen LogP contribution in [0.5, 0.6) is 0 Å². The van der Waals surface area contributed by atoms with E-state index in [-0.39, 0.29) is 12.1 Å². The second-order valence-electron chi connectivity index (χ2n) is 6.86. The van der Waals surface area contributed by atoms with Crippen LogP contribution in [0.1, 0.15) is 46.6 Å². The highest BCUT2D eigenvalue weighted by molar-refractivity contribution is 6.31. The molecule has 0 heterocycles. The maximum Gasteiger partial charge on any atom is 0.407 e. The zero-order valence-electron chi connectivity index (χ0n) is 14.8. The number of alkyl carbamates (subject to hydrolysis) is 1. The zero-order valence-corrected chi connectivity index (χ0v) is 15.5. The summed E-state index contributed by atoms with van der Waals surface area (Å²) >= 11 is 6.16. The number of rotatable bonds is 7. The molecule has 4 nitrogen and oxygen atoms in total. The summed E-state index contributed by atoms with van der Waals surface area (Å²) in [6.45, 7) is 11.2. The van der Waals surface area contributed by atoms with Crippen molar-refractivity contribution < 1.29 is 9.53 Å². The first-order valence-electron chi connectivity index (χ1n) is 8.16. The molecule has 0 saturated heterocycles. The molecule has 2 atom stereocenters. The third-order valence-electron chi connectivity index (χ3n) is 3.67. The van der Waals surface area contributed by atoms with Gasteiger partial charge in [-0.25, -0.2) is 4.79 Å². The average Bonchev–Trinajstić information content (AvgIpc) is 2.45. The Morgan fingerprint density at radius 2 is 1.96 bits per heavy atom. The number of hydrogen-bond acceptors (Lipinski definition) is 3. The molecule has 0 bridgehead atoms. The van der Waals surface area contributed by atoms with Crippen molar-refractivity contribution in [3.63, 3.8) is 0 Å². The summed E-state index contributed by atoms with van der Waals surface area (Å²) in [7, 11) is 0. The quantitative estimate of drug-likeness (QED) is 0.775. The largest absolute Gasteiger partial charge is 0.444 e. The fourth-order valence-corrected chi connectivity index (χ4v) is 2.34. The molecule has 0 aliphatic heterocycles. The molecule has 0 aliphatic rings. The molecule has 130 valence electrons. The van der Waals surface area contributed by atoms with E-state index in [4.69, 9.17) is 16.3 Å². The molecule has 5 heteroatoms. The van der Waals surface area contributed by atoms with Gasteiger partial charge in [-0.15, -0.1) is 0 Å². The highest BCUT2D eigenvalue weighted by Gasteiger charge is 2.22. The van der Waals surface area contributed by atoms with Crippen molar-refractivity contribution >= 4 is 17.7 Å². The number of amides is 1. The predicted octanol–water partition coefficient (Wildman–Crippen LogP) is 4.37. The first-order chi connectivity index (χ1) is 10.7. The summed E-state index contributed by atoms with van der Waals surface area (Å²) in [6.07, 6.45) is 0.608. The lowest BCUT2D eigenvalue weighted by molar-refractivity contribution is 0.0487. The van der Waals surface area contributed by atoms with Crippen molar-refractivity contribution in [2.45, 2.75) is 59.2 Å². The monoisotopic (exact) mass is 340 g/mol. The number of carbonyl (C=O) groups is 1. The third kappa shape index (κ3) is 7.71. The number of ether oxygens (including phenoxy) is 1. The molecule has 2 unspecified atom stereocenters. The van der Waals surface area contributed by atoms with Crippen molar-refractivity contribution in [3.05, 3.63) is 34.9 Å². The normalized spacial score (nSPS) is 14.2. The zero-order chi connectivity index (χ0) is 17.5. The molecule has 0 radical (unpaired) electrons. The Morgan fingerprint density at radius 3 is 2.52 bits per heavy atom. The van der Waals surface area contributed by atoms with Gasteiger partial charge in [-0.3, -0.25) is 0 Å². The van der Waals surface area contributed by atoms with E-state index >= 15 is 0 Å². The number of carbonyl (C=O) groups excluding carboxylic acids is 1. The highest BCUT2D eigenvalue weighted by atomic mass is 35.5. The first kappa shape index (κ1) is 19.8. The van der Waals surface area contributed by atoms with Gasteiger partial charge < -0.3 is 15.4 Å². The van der Waals surface area contributed by atoms with Gasteiger partial charge in [0.2, 0.25) is 0 Å². The lowest BCUT2D eigenvalue weighted by atomic mass is 9.99. The minimum atomic E-state index is -0.491. The number of benzene rings is 1. The summed E-state index contributed by atoms with van der Waals surface area (Å²) in [4.78, 5) is 12.0. The Balaban J connectivity index is 2.55. The molecule has 0 aliphatic carbocycles. The Bertz CT molecular complexity index is 500. The first-order valence-corrected chi connectivity index (χ1v) is 8.54. The van der Waals surface area contributed by atoms with Gasteiger partial charge >= 0.3 is 6.09 Å². The summed E-state index contributed by atoms with van der Waals surface area (Å²) in [5, 5.41) is 7.09. The maximum atomic E-state index is 12.0. The second-order valence-corrected chi connectivity index (χ2v) is 7.27. The van der Waals surface area contributed by atoms with Crippen LogP contribution in [0.3, 0.4) is 0 Å². The molecular formula is C18H29ClN2O2. The Morgan fingerprint density at radius 1 is 1.30 bits per heavy atom. The summed E-state index contributed by atoms with van der Waals surface area (Å²) in [6, 6.07) is 7.77. The summed E-state index contributed by atoms with van der Waals surface area (Å²) in [5.74, 6) is 0.348. The van der Waals surface area contributed by atoms with E-state index in [1.165, 1.54) is 0 Å². The van der Waals surface area contributed by atoms with E-state index in [2.05, 4.69) is 24.5 Å². The topological polar surface area (TPSA) is 50.4 Å². The number of halogens is 1. The van der Waals surface area contributed by atoms with Gasteiger partial charge in [0.25, 0.3) is 0 Å². The van der Waals surface area contributed by atoms with Gasteiger partial charge in [0.15, 0.2) is 0 Å². The van der Waals surface area contributed by atoms with Crippen LogP contribution >= 0.6 is 11.6 Å². The summed E-state index contributed by atoms with van der Waals surface area (Å²) < 4.78 is 5.35. The van der Waals surface area contributed by atoms with Crippen LogP contribution in [0.2, 0.25) is 5.02 Å². The van der Waals surface area contributed by atoms with Crippen molar-refractivity contribution in [2.24, 2.45) is 5.92 Å². The van der Waals surface area contributed by atoms with E-state index in [1.807, 2.05) is 45.0 Å². The SMILES string of the molecule is CCC(C)C(CNCc1ccccc1Cl)NC(=O)OC(C)(C)C. The number of nitrogens with one attached hydrogen (secondary N) is 2. The fraction of sp³-hybridized carbons (Fsp3) is 0.611. The fourth-order valence-electron chi connectivity index (χ4n) is 2.14. The van der Waals surface area contributed by atoms with E-state index in [9.17, 15) is 4.79 Å². The molecule has 1 aromatic rings. The second kappa shape index (κ2) is 9.14. The molecule has 0 fully saturated rings. The molecule has 1 aromatic carbocycles. The molecule has 2 N–H and O–H groups in total. The predicted molar refractivity (Wildman–Crippen MR) is 95.8 cm³/mol. The molecule has 1 amide bonds. The van der Waals surface area contributed by atoms with E-state index in [0.29, 0.717) is 19.0 Å². The Labute approximate surface area is 144 Å². The lowest BCUT2D eigenvalue weighted by Crippen LogP contribution is -2.47. The minimum absolute atomic E-state index is 0.0114. The van der Waals surface area contributed by atoms with Crippen molar-refractivity contribution in [3.8, 4) is 0 Å². The average molecular weight is 341 g/mol. The van der Waals surface area contributed by atoms with Crippen LogP contribution in [0.4, 0.5) is 4.79 Å². The van der Waals surface area contributed by atoms with Crippen LogP contribution in [-0.2, 0) is 11.3 Å². The number of hydrogen-bond donors (Lipinski definition) is 2. The smallest absolute Gasteiger partial charge is 0.407 e. The van der Waals surface area contributed by atoms with Crippen LogP contribution < -0.4 is 10.6 Å². The van der Waals surface area contributed by atoms with Gasteiger partial charge in [0.1, 0.15) is 5.60 Å². The van der Waals surface area contributed by atoms with E-state index < -0.39 is 5.60 Å². The van der Waals surface area contributed by atoms with Gasteiger partial charge in [0.05, 0.1) is 0 Å². The van der Waals surface area contributed by atoms with Crippen LogP contribution in [0.15, 0.2) is 24.3 Å². The molecule has 0 aromatic heterocycles. The molecule has 23 heavy (non-hydrogen) atoms. The van der Waals surface area contributed by atoms with Crippen molar-refractivity contribution in [1.82, 2.24) is 10.6 Å². The van der Waals surface area contributed by atoms with Crippen molar-refractivity contribution in [1.29, 1.82) is 0 Å². The molecular weight excluding hydrogens is 312 g/mol. The summed E-state index contributed by atoms with van der Waals surface area (Å²) in [5.41, 5.74) is 0.559. The van der Waals surface area contributed by atoms with Crippen LogP contribution in [0, 0.1) is 5.92 Å². The van der Waals surface area contributed by atoms with Crippen molar-refractivity contribution in [2.75, 3.05) is 6.54 Å². The lowest BCUT2D eigenvalue weighted by Gasteiger charge is -2.27. The van der Waals surface area contributed by atoms with E-state index in [0.717, 1.165) is 17.0 Å². The maximum absolute atomic E-state index is 12.0. The van der Waals surface area contributed by atoms with Gasteiger partial charge in [-0.05, 0) is 38.3 Å². The van der Waals surface area contributed by atoms with Gasteiger partial charge in [0, 0.05) is 24.2 Å². The van der Waals surface area contributed by atoms with Gasteiger partial charge in [-0.2, -0.15) is 0 Å². The van der Waals surface area contributed by atoms with E-state index in [1.54, 1.807) is 0 Å².